The van der Waals surface area contributed by atoms with Gasteiger partial charge in [-0.25, -0.2) is 4.39 Å². The number of nitrogens with zero attached hydrogens (tertiary/aromatic N) is 4. The Morgan fingerprint density at radius 1 is 1.06 bits per heavy atom. The van der Waals surface area contributed by atoms with Gasteiger partial charge >= 0.3 is 0 Å². The number of hydrogen-bond donors (Lipinski definition) is 1. The summed E-state index contributed by atoms with van der Waals surface area (Å²) >= 11 is 1.24. The molecule has 4 rings (SSSR count). The highest BCUT2D eigenvalue weighted by Crippen LogP contribution is 2.29. The fourth-order valence-electron chi connectivity index (χ4n) is 4.18. The van der Waals surface area contributed by atoms with Crippen molar-refractivity contribution in [2.45, 2.75) is 55.8 Å². The first-order valence-electron chi connectivity index (χ1n) is 11.2. The molecule has 0 bridgehead atoms. The van der Waals surface area contributed by atoms with Gasteiger partial charge in [0, 0.05) is 0 Å². The summed E-state index contributed by atoms with van der Waals surface area (Å²) < 4.78 is 16.3. The molecule has 0 unspecified atom stereocenters. The van der Waals surface area contributed by atoms with Gasteiger partial charge in [0.15, 0.2) is 11.0 Å². The van der Waals surface area contributed by atoms with E-state index < -0.39 is 5.54 Å². The van der Waals surface area contributed by atoms with Gasteiger partial charge in [-0.15, -0.1) is 10.2 Å². The van der Waals surface area contributed by atoms with Crippen LogP contribution in [0.1, 0.15) is 44.1 Å². The molecular formula is C25H26FN5OS. The van der Waals surface area contributed by atoms with E-state index in [0.717, 1.165) is 31.2 Å². The zero-order chi connectivity index (χ0) is 23.1. The van der Waals surface area contributed by atoms with E-state index in [4.69, 9.17) is 0 Å². The number of nitriles is 1. The lowest BCUT2D eigenvalue weighted by molar-refractivity contribution is -0.120. The van der Waals surface area contributed by atoms with Gasteiger partial charge in [-0.05, 0) is 30.5 Å². The number of nitrogens with one attached hydrogen (secondary N) is 1. The Kier molecular flexibility index (Phi) is 7.40. The number of carbonyl (C=O) groups is 1. The lowest BCUT2D eigenvalue weighted by atomic mass is 9.92. The van der Waals surface area contributed by atoms with E-state index in [2.05, 4.69) is 21.6 Å². The molecule has 1 aliphatic carbocycles. The highest BCUT2D eigenvalue weighted by molar-refractivity contribution is 7.99. The lowest BCUT2D eigenvalue weighted by Gasteiger charge is -2.26. The molecule has 33 heavy (non-hydrogen) atoms. The number of halogens is 1. The van der Waals surface area contributed by atoms with Crippen LogP contribution in [0.3, 0.4) is 0 Å². The molecule has 1 saturated carbocycles. The molecule has 1 aliphatic rings. The van der Waals surface area contributed by atoms with Crippen molar-refractivity contribution in [2.75, 3.05) is 5.75 Å². The summed E-state index contributed by atoms with van der Waals surface area (Å²) in [6.07, 6.45) is 5.44. The number of hydrogen-bond acceptors (Lipinski definition) is 5. The molecule has 8 heteroatoms. The van der Waals surface area contributed by atoms with Gasteiger partial charge in [0.1, 0.15) is 11.4 Å². The molecule has 1 amide bonds. The first-order valence-corrected chi connectivity index (χ1v) is 12.2. The first-order chi connectivity index (χ1) is 16.1. The molecule has 1 aromatic heterocycles. The Bertz CT molecular complexity index is 1130. The third-order valence-corrected chi connectivity index (χ3v) is 6.86. The quantitative estimate of drug-likeness (QED) is 0.396. The van der Waals surface area contributed by atoms with Crippen LogP contribution in [-0.2, 0) is 11.3 Å². The summed E-state index contributed by atoms with van der Waals surface area (Å²) in [4.78, 5) is 12.8. The van der Waals surface area contributed by atoms with Crippen molar-refractivity contribution in [3.63, 3.8) is 0 Å². The summed E-state index contributed by atoms with van der Waals surface area (Å²) in [5.74, 6) is -0.0618. The van der Waals surface area contributed by atoms with Crippen LogP contribution in [0.2, 0.25) is 0 Å². The monoisotopic (exact) mass is 463 g/mol. The van der Waals surface area contributed by atoms with Crippen molar-refractivity contribution in [2.24, 2.45) is 0 Å². The van der Waals surface area contributed by atoms with Crippen LogP contribution in [0.25, 0.3) is 11.4 Å². The largest absolute Gasteiger partial charge is 0.337 e. The number of rotatable bonds is 7. The van der Waals surface area contributed by atoms with E-state index in [9.17, 15) is 14.4 Å². The predicted molar refractivity (Wildman–Crippen MR) is 126 cm³/mol. The molecule has 2 aromatic carbocycles. The van der Waals surface area contributed by atoms with Gasteiger partial charge in [0.25, 0.3) is 0 Å². The Morgan fingerprint density at radius 2 is 1.76 bits per heavy atom. The van der Waals surface area contributed by atoms with Crippen molar-refractivity contribution in [1.82, 2.24) is 20.1 Å². The molecule has 1 fully saturated rings. The van der Waals surface area contributed by atoms with E-state index in [1.165, 1.54) is 17.8 Å². The van der Waals surface area contributed by atoms with Crippen LogP contribution < -0.4 is 5.32 Å². The van der Waals surface area contributed by atoms with Gasteiger partial charge in [-0.1, -0.05) is 79.9 Å². The van der Waals surface area contributed by atoms with Crippen LogP contribution in [0.15, 0.2) is 59.8 Å². The Hall–Kier alpha value is -3.18. The molecule has 0 saturated heterocycles. The zero-order valence-corrected chi connectivity index (χ0v) is 19.2. The maximum atomic E-state index is 14.5. The van der Waals surface area contributed by atoms with Crippen molar-refractivity contribution in [3.05, 3.63) is 66.0 Å². The molecule has 0 radical (unpaired) electrons. The third kappa shape index (κ3) is 5.60. The van der Waals surface area contributed by atoms with Crippen molar-refractivity contribution >= 4 is 17.7 Å². The molecule has 0 spiro atoms. The predicted octanol–water partition coefficient (Wildman–Crippen LogP) is 4.96. The molecule has 1 N–H and O–H groups in total. The second-order valence-electron chi connectivity index (χ2n) is 8.30. The minimum absolute atomic E-state index is 0.105. The van der Waals surface area contributed by atoms with E-state index in [1.54, 1.807) is 18.2 Å². The van der Waals surface area contributed by atoms with Gasteiger partial charge < -0.3 is 5.32 Å². The number of aromatic nitrogens is 3. The second-order valence-corrected chi connectivity index (χ2v) is 9.25. The molecule has 170 valence electrons. The van der Waals surface area contributed by atoms with Crippen molar-refractivity contribution in [1.29, 1.82) is 5.26 Å². The Morgan fingerprint density at radius 3 is 2.45 bits per heavy atom. The Labute approximate surface area is 197 Å². The maximum absolute atomic E-state index is 14.5. The minimum Gasteiger partial charge on any atom is -0.337 e. The van der Waals surface area contributed by atoms with E-state index >= 15 is 0 Å². The minimum atomic E-state index is -0.788. The fourth-order valence-corrected chi connectivity index (χ4v) is 4.91. The third-order valence-electron chi connectivity index (χ3n) is 5.90. The first kappa shape index (κ1) is 23.0. The molecule has 3 aromatic rings. The topological polar surface area (TPSA) is 83.6 Å². The number of thioether (sulfide) groups is 1. The number of benzene rings is 2. The summed E-state index contributed by atoms with van der Waals surface area (Å²) in [5.41, 5.74) is 0.590. The summed E-state index contributed by atoms with van der Waals surface area (Å²) in [6.45, 7) is 0.448. The lowest BCUT2D eigenvalue weighted by Crippen LogP contribution is -2.47. The summed E-state index contributed by atoms with van der Waals surface area (Å²) in [7, 11) is 0. The molecule has 6 nitrogen and oxygen atoms in total. The van der Waals surface area contributed by atoms with Crippen LogP contribution in [-0.4, -0.2) is 32.0 Å². The molecule has 0 atom stereocenters. The van der Waals surface area contributed by atoms with Gasteiger partial charge in [-0.3, -0.25) is 9.36 Å². The van der Waals surface area contributed by atoms with Crippen LogP contribution >= 0.6 is 11.8 Å². The van der Waals surface area contributed by atoms with Gasteiger partial charge in [-0.2, -0.15) is 5.26 Å². The van der Waals surface area contributed by atoms with Gasteiger partial charge in [0.05, 0.1) is 23.9 Å². The summed E-state index contributed by atoms with van der Waals surface area (Å²) in [6, 6.07) is 18.6. The maximum Gasteiger partial charge on any atom is 0.231 e. The standard InChI is InChI=1S/C25H26FN5OS/c26-21-13-7-6-12-20(21)23-29-30-24(31(23)16-19-10-4-3-5-11-19)33-17-22(32)28-25(18-27)14-8-1-2-9-15-25/h3-7,10-13H,1-2,8-9,14-17H2,(H,28,32). The SMILES string of the molecule is N#CC1(NC(=O)CSc2nnc(-c3ccccc3F)n2Cc2ccccc2)CCCCCC1. The molecular weight excluding hydrogens is 437 g/mol. The van der Waals surface area contributed by atoms with Gasteiger partial charge in [0.2, 0.25) is 5.91 Å². The average Bonchev–Trinajstić information content (AvgIpc) is 3.06. The van der Waals surface area contributed by atoms with Crippen LogP contribution in [0, 0.1) is 17.1 Å². The number of carbonyl (C=O) groups excluding carboxylic acids is 1. The highest BCUT2D eigenvalue weighted by Gasteiger charge is 2.32. The van der Waals surface area contributed by atoms with Crippen molar-refractivity contribution in [3.8, 4) is 17.5 Å². The number of amides is 1. The van der Waals surface area contributed by atoms with Crippen molar-refractivity contribution < 1.29 is 9.18 Å². The average molecular weight is 464 g/mol. The van der Waals surface area contributed by atoms with E-state index in [0.29, 0.717) is 35.9 Å². The molecule has 0 aliphatic heterocycles. The van der Waals surface area contributed by atoms with E-state index in [1.807, 2.05) is 34.9 Å². The summed E-state index contributed by atoms with van der Waals surface area (Å²) in [5, 5.41) is 21.7. The highest BCUT2D eigenvalue weighted by atomic mass is 32.2. The zero-order valence-electron chi connectivity index (χ0n) is 18.3. The fraction of sp³-hybridized carbons (Fsp3) is 0.360. The smallest absolute Gasteiger partial charge is 0.231 e. The second kappa shape index (κ2) is 10.6. The normalized spacial score (nSPS) is 15.4. The van der Waals surface area contributed by atoms with Crippen LogP contribution in [0.4, 0.5) is 4.39 Å². The molecule has 1 heterocycles. The Balaban J connectivity index is 1.54. The van der Waals surface area contributed by atoms with E-state index in [-0.39, 0.29) is 17.5 Å². The van der Waals surface area contributed by atoms with Crippen LogP contribution in [0.5, 0.6) is 0 Å².